The summed E-state index contributed by atoms with van der Waals surface area (Å²) in [6, 6.07) is 11.4. The summed E-state index contributed by atoms with van der Waals surface area (Å²) >= 11 is 0. The number of anilines is 2. The van der Waals surface area contributed by atoms with Crippen molar-refractivity contribution in [3.8, 4) is 11.3 Å². The van der Waals surface area contributed by atoms with Crippen LogP contribution in [0.25, 0.3) is 16.9 Å². The highest BCUT2D eigenvalue weighted by Gasteiger charge is 2.14. The molecule has 0 saturated carbocycles. The number of fused-ring (bicyclic) bond motifs is 1. The van der Waals surface area contributed by atoms with Crippen molar-refractivity contribution in [2.24, 2.45) is 5.92 Å². The number of hydrogen-bond acceptors (Lipinski definition) is 5. The summed E-state index contributed by atoms with van der Waals surface area (Å²) in [5.41, 5.74) is 9.17. The highest BCUT2D eigenvalue weighted by molar-refractivity contribution is 5.67. The van der Waals surface area contributed by atoms with Crippen LogP contribution in [0.5, 0.6) is 0 Å². The second kappa shape index (κ2) is 6.26. The number of imidazole rings is 1. The lowest BCUT2D eigenvalue weighted by atomic mass is 10.1. The molecule has 0 amide bonds. The molecule has 3 rings (SSSR count). The minimum Gasteiger partial charge on any atom is -0.399 e. The molecule has 0 bridgehead atoms. The van der Waals surface area contributed by atoms with E-state index in [1.165, 1.54) is 0 Å². The number of hydrogen-bond donors (Lipinski definition) is 3. The molecule has 0 fully saturated rings. The van der Waals surface area contributed by atoms with Gasteiger partial charge in [0.1, 0.15) is 5.82 Å². The van der Waals surface area contributed by atoms with Crippen LogP contribution in [0, 0.1) is 5.92 Å². The number of aromatic nitrogens is 3. The molecule has 0 aliphatic rings. The number of nitrogens with two attached hydrogens (primary N) is 1. The zero-order valence-corrected chi connectivity index (χ0v) is 13.3. The van der Waals surface area contributed by atoms with Gasteiger partial charge in [-0.05, 0) is 30.2 Å². The molecule has 4 N–H and O–H groups in total. The van der Waals surface area contributed by atoms with Gasteiger partial charge in [-0.25, -0.2) is 9.50 Å². The molecule has 6 nitrogen and oxygen atoms in total. The molecule has 0 saturated heterocycles. The average Bonchev–Trinajstić information content (AvgIpc) is 2.95. The Morgan fingerprint density at radius 2 is 2.09 bits per heavy atom. The van der Waals surface area contributed by atoms with Crippen molar-refractivity contribution in [2.45, 2.75) is 19.9 Å². The number of nitrogen functional groups attached to an aromatic ring is 1. The quantitative estimate of drug-likeness (QED) is 0.630. The van der Waals surface area contributed by atoms with Crippen LogP contribution in [-0.2, 0) is 0 Å². The Morgan fingerprint density at radius 3 is 2.78 bits per heavy atom. The van der Waals surface area contributed by atoms with E-state index in [0.29, 0.717) is 17.4 Å². The van der Waals surface area contributed by atoms with E-state index in [0.717, 1.165) is 16.9 Å². The summed E-state index contributed by atoms with van der Waals surface area (Å²) in [5.74, 6) is 1.00. The van der Waals surface area contributed by atoms with Gasteiger partial charge in [-0.3, -0.25) is 0 Å². The maximum atomic E-state index is 9.47. The van der Waals surface area contributed by atoms with Gasteiger partial charge < -0.3 is 16.2 Å². The molecule has 1 aromatic carbocycles. The SMILES string of the molecule is CC(C)C(CO)Nc1ccc2ncc(-c3cccc(N)c3)n2n1. The molecule has 0 spiro atoms. The first-order valence-corrected chi connectivity index (χ1v) is 7.66. The third-order valence-electron chi connectivity index (χ3n) is 3.88. The van der Waals surface area contributed by atoms with Crippen LogP contribution in [0.1, 0.15) is 13.8 Å². The van der Waals surface area contributed by atoms with E-state index in [2.05, 4.69) is 29.2 Å². The number of aliphatic hydroxyl groups is 1. The molecule has 1 unspecified atom stereocenters. The van der Waals surface area contributed by atoms with Crippen molar-refractivity contribution in [1.29, 1.82) is 0 Å². The predicted molar refractivity (Wildman–Crippen MR) is 92.2 cm³/mol. The first kappa shape index (κ1) is 15.3. The first-order valence-electron chi connectivity index (χ1n) is 7.66. The van der Waals surface area contributed by atoms with Gasteiger partial charge in [0.05, 0.1) is 24.5 Å². The summed E-state index contributed by atoms with van der Waals surface area (Å²) in [5, 5.41) is 17.3. The zero-order valence-electron chi connectivity index (χ0n) is 13.3. The third kappa shape index (κ3) is 3.12. The molecule has 1 atom stereocenters. The van der Waals surface area contributed by atoms with Crippen molar-refractivity contribution >= 4 is 17.2 Å². The monoisotopic (exact) mass is 311 g/mol. The van der Waals surface area contributed by atoms with Gasteiger partial charge >= 0.3 is 0 Å². The molecule has 2 aromatic heterocycles. The average molecular weight is 311 g/mol. The van der Waals surface area contributed by atoms with Crippen LogP contribution >= 0.6 is 0 Å². The Labute approximate surface area is 135 Å². The van der Waals surface area contributed by atoms with Gasteiger partial charge in [0, 0.05) is 11.3 Å². The molecular formula is C17H21N5O. The molecular weight excluding hydrogens is 290 g/mol. The molecule has 0 aliphatic carbocycles. The van der Waals surface area contributed by atoms with Crippen molar-refractivity contribution in [1.82, 2.24) is 14.6 Å². The summed E-state index contributed by atoms with van der Waals surface area (Å²) in [6.45, 7) is 4.17. The number of nitrogens with one attached hydrogen (secondary N) is 1. The number of aliphatic hydroxyl groups excluding tert-OH is 1. The lowest BCUT2D eigenvalue weighted by molar-refractivity contribution is 0.249. The van der Waals surface area contributed by atoms with Crippen LogP contribution in [0.15, 0.2) is 42.6 Å². The summed E-state index contributed by atoms with van der Waals surface area (Å²) in [6.07, 6.45) is 1.78. The fraction of sp³-hybridized carbons (Fsp3) is 0.294. The van der Waals surface area contributed by atoms with Gasteiger partial charge in [-0.15, -0.1) is 5.10 Å². The topological polar surface area (TPSA) is 88.5 Å². The number of nitrogens with zero attached hydrogens (tertiary/aromatic N) is 3. The van der Waals surface area contributed by atoms with Crippen molar-refractivity contribution in [3.05, 3.63) is 42.6 Å². The molecule has 0 radical (unpaired) electrons. The summed E-state index contributed by atoms with van der Waals surface area (Å²) in [7, 11) is 0. The molecule has 120 valence electrons. The number of rotatable bonds is 5. The minimum atomic E-state index is -0.0423. The van der Waals surface area contributed by atoms with Crippen LogP contribution in [0.3, 0.4) is 0 Å². The molecule has 0 aliphatic heterocycles. The van der Waals surface area contributed by atoms with E-state index in [1.54, 1.807) is 10.7 Å². The summed E-state index contributed by atoms with van der Waals surface area (Å²) in [4.78, 5) is 4.38. The predicted octanol–water partition coefficient (Wildman–Crippen LogP) is 2.41. The van der Waals surface area contributed by atoms with Gasteiger partial charge in [0.25, 0.3) is 0 Å². The second-order valence-corrected chi connectivity index (χ2v) is 5.93. The maximum absolute atomic E-state index is 9.47. The highest BCUT2D eigenvalue weighted by atomic mass is 16.3. The third-order valence-corrected chi connectivity index (χ3v) is 3.88. The normalized spacial score (nSPS) is 12.7. The Hall–Kier alpha value is -2.60. The van der Waals surface area contributed by atoms with Gasteiger partial charge in [0.2, 0.25) is 0 Å². The number of benzene rings is 1. The van der Waals surface area contributed by atoms with Crippen LogP contribution in [0.2, 0.25) is 0 Å². The van der Waals surface area contributed by atoms with E-state index < -0.39 is 0 Å². The van der Waals surface area contributed by atoms with E-state index in [-0.39, 0.29) is 12.6 Å². The lowest BCUT2D eigenvalue weighted by Gasteiger charge is -2.20. The minimum absolute atomic E-state index is 0.0423. The Bertz CT molecular complexity index is 812. The van der Waals surface area contributed by atoms with Gasteiger partial charge in [0.15, 0.2) is 5.65 Å². The Balaban J connectivity index is 2.00. The first-order chi connectivity index (χ1) is 11.1. The van der Waals surface area contributed by atoms with Crippen molar-refractivity contribution in [2.75, 3.05) is 17.7 Å². The van der Waals surface area contributed by atoms with E-state index in [4.69, 9.17) is 5.73 Å². The van der Waals surface area contributed by atoms with Crippen molar-refractivity contribution in [3.63, 3.8) is 0 Å². The molecule has 2 heterocycles. The molecule has 23 heavy (non-hydrogen) atoms. The van der Waals surface area contributed by atoms with E-state index in [9.17, 15) is 5.11 Å². The van der Waals surface area contributed by atoms with Crippen LogP contribution in [0.4, 0.5) is 11.5 Å². The van der Waals surface area contributed by atoms with E-state index in [1.807, 2.05) is 36.4 Å². The fourth-order valence-corrected chi connectivity index (χ4v) is 2.46. The maximum Gasteiger partial charge on any atom is 0.154 e. The lowest BCUT2D eigenvalue weighted by Crippen LogP contribution is -2.30. The van der Waals surface area contributed by atoms with Gasteiger partial charge in [-0.1, -0.05) is 26.0 Å². The molecule has 3 aromatic rings. The molecule has 6 heteroatoms. The Morgan fingerprint density at radius 1 is 1.26 bits per heavy atom. The largest absolute Gasteiger partial charge is 0.399 e. The van der Waals surface area contributed by atoms with Crippen LogP contribution in [-0.4, -0.2) is 32.4 Å². The smallest absolute Gasteiger partial charge is 0.154 e. The van der Waals surface area contributed by atoms with E-state index >= 15 is 0 Å². The van der Waals surface area contributed by atoms with Crippen LogP contribution < -0.4 is 11.1 Å². The second-order valence-electron chi connectivity index (χ2n) is 5.93. The summed E-state index contributed by atoms with van der Waals surface area (Å²) < 4.78 is 1.78. The highest BCUT2D eigenvalue weighted by Crippen LogP contribution is 2.23. The standard InChI is InChI=1S/C17H21N5O/c1-11(2)14(10-23)20-16-6-7-17-19-9-15(22(17)21-16)12-4-3-5-13(18)8-12/h3-9,11,14,23H,10,18H2,1-2H3,(H,20,21). The fourth-order valence-electron chi connectivity index (χ4n) is 2.46. The van der Waals surface area contributed by atoms with Crippen molar-refractivity contribution < 1.29 is 5.11 Å². The Kier molecular flexibility index (Phi) is 4.16. The van der Waals surface area contributed by atoms with Gasteiger partial charge in [-0.2, -0.15) is 0 Å². The zero-order chi connectivity index (χ0) is 16.4.